The molecule has 2 aliphatic rings. The Bertz CT molecular complexity index is 387. The highest BCUT2D eigenvalue weighted by atomic mass is 15.0. The van der Waals surface area contributed by atoms with Crippen LogP contribution in [0.4, 0.5) is 0 Å². The van der Waals surface area contributed by atoms with Gasteiger partial charge in [0, 0.05) is 12.1 Å². The standard InChI is InChI=1S/C19H29N/c1-2-6-15-9-13-18(14-10-15)20-19(17-11-12-17)16-7-4-3-5-8-16/h3-5,7-8,15,17-20H,2,6,9-14H2,1H3. The van der Waals surface area contributed by atoms with Gasteiger partial charge in [-0.1, -0.05) is 50.1 Å². The van der Waals surface area contributed by atoms with E-state index in [2.05, 4.69) is 42.6 Å². The molecule has 1 nitrogen and oxygen atoms in total. The summed E-state index contributed by atoms with van der Waals surface area (Å²) in [7, 11) is 0. The van der Waals surface area contributed by atoms with Crippen molar-refractivity contribution in [3.63, 3.8) is 0 Å². The van der Waals surface area contributed by atoms with E-state index in [-0.39, 0.29) is 0 Å². The van der Waals surface area contributed by atoms with Gasteiger partial charge in [-0.3, -0.25) is 0 Å². The Kier molecular flexibility index (Phi) is 4.77. The molecule has 1 N–H and O–H groups in total. The van der Waals surface area contributed by atoms with Crippen molar-refractivity contribution in [1.29, 1.82) is 0 Å². The highest BCUT2D eigenvalue weighted by Crippen LogP contribution is 2.42. The van der Waals surface area contributed by atoms with E-state index < -0.39 is 0 Å². The molecule has 0 heterocycles. The fourth-order valence-electron chi connectivity index (χ4n) is 3.87. The molecule has 0 radical (unpaired) electrons. The van der Waals surface area contributed by atoms with Crippen molar-refractivity contribution < 1.29 is 0 Å². The summed E-state index contributed by atoms with van der Waals surface area (Å²) in [6.45, 7) is 2.32. The Morgan fingerprint density at radius 3 is 2.30 bits per heavy atom. The number of rotatable bonds is 6. The van der Waals surface area contributed by atoms with E-state index >= 15 is 0 Å². The Labute approximate surface area is 124 Å². The monoisotopic (exact) mass is 271 g/mol. The molecule has 0 aromatic heterocycles. The highest BCUT2D eigenvalue weighted by Gasteiger charge is 2.34. The molecule has 1 aromatic rings. The summed E-state index contributed by atoms with van der Waals surface area (Å²) in [5.74, 6) is 1.90. The van der Waals surface area contributed by atoms with Crippen LogP contribution in [0.2, 0.25) is 0 Å². The topological polar surface area (TPSA) is 12.0 Å². The highest BCUT2D eigenvalue weighted by molar-refractivity contribution is 5.21. The maximum atomic E-state index is 4.00. The molecule has 2 saturated carbocycles. The van der Waals surface area contributed by atoms with Gasteiger partial charge in [0.15, 0.2) is 0 Å². The third-order valence-electron chi connectivity index (χ3n) is 5.21. The van der Waals surface area contributed by atoms with Gasteiger partial charge in [-0.15, -0.1) is 0 Å². The molecule has 110 valence electrons. The molecule has 3 rings (SSSR count). The van der Waals surface area contributed by atoms with Gasteiger partial charge >= 0.3 is 0 Å². The zero-order valence-corrected chi connectivity index (χ0v) is 12.9. The molecule has 2 aliphatic carbocycles. The fourth-order valence-corrected chi connectivity index (χ4v) is 3.87. The first-order valence-electron chi connectivity index (χ1n) is 8.67. The van der Waals surface area contributed by atoms with E-state index in [0.717, 1.165) is 17.9 Å². The summed E-state index contributed by atoms with van der Waals surface area (Å²) in [5.41, 5.74) is 1.51. The molecular weight excluding hydrogens is 242 g/mol. The molecule has 0 saturated heterocycles. The van der Waals surface area contributed by atoms with Crippen LogP contribution in [0.15, 0.2) is 30.3 Å². The van der Waals surface area contributed by atoms with Crippen LogP contribution >= 0.6 is 0 Å². The molecule has 20 heavy (non-hydrogen) atoms. The quantitative estimate of drug-likeness (QED) is 0.760. The number of hydrogen-bond donors (Lipinski definition) is 1. The van der Waals surface area contributed by atoms with Crippen LogP contribution in [0.5, 0.6) is 0 Å². The van der Waals surface area contributed by atoms with Crippen molar-refractivity contribution in [1.82, 2.24) is 5.32 Å². The van der Waals surface area contributed by atoms with E-state index in [1.165, 1.54) is 56.9 Å². The van der Waals surface area contributed by atoms with Crippen LogP contribution < -0.4 is 5.32 Å². The van der Waals surface area contributed by atoms with Gasteiger partial charge in [0.2, 0.25) is 0 Å². The van der Waals surface area contributed by atoms with Crippen LogP contribution in [-0.2, 0) is 0 Å². The Morgan fingerprint density at radius 1 is 1.00 bits per heavy atom. The summed E-state index contributed by atoms with van der Waals surface area (Å²) in [6.07, 6.45) is 11.3. The van der Waals surface area contributed by atoms with E-state index in [0.29, 0.717) is 6.04 Å². The summed E-state index contributed by atoms with van der Waals surface area (Å²) < 4.78 is 0. The molecule has 2 fully saturated rings. The van der Waals surface area contributed by atoms with E-state index in [9.17, 15) is 0 Å². The van der Waals surface area contributed by atoms with E-state index in [1.54, 1.807) is 0 Å². The first-order valence-corrected chi connectivity index (χ1v) is 8.67. The van der Waals surface area contributed by atoms with Gasteiger partial charge in [0.25, 0.3) is 0 Å². The van der Waals surface area contributed by atoms with Crippen molar-refractivity contribution in [2.45, 2.75) is 70.4 Å². The summed E-state index contributed by atoms with van der Waals surface area (Å²) >= 11 is 0. The molecule has 0 amide bonds. The summed E-state index contributed by atoms with van der Waals surface area (Å²) in [4.78, 5) is 0. The number of nitrogens with one attached hydrogen (secondary N) is 1. The van der Waals surface area contributed by atoms with Gasteiger partial charge in [0.05, 0.1) is 0 Å². The van der Waals surface area contributed by atoms with Crippen LogP contribution in [0.1, 0.15) is 69.9 Å². The zero-order valence-electron chi connectivity index (χ0n) is 12.9. The van der Waals surface area contributed by atoms with Crippen molar-refractivity contribution >= 4 is 0 Å². The van der Waals surface area contributed by atoms with Crippen LogP contribution in [0.25, 0.3) is 0 Å². The molecule has 0 spiro atoms. The van der Waals surface area contributed by atoms with Crippen molar-refractivity contribution in [2.24, 2.45) is 11.8 Å². The lowest BCUT2D eigenvalue weighted by molar-refractivity contribution is 0.256. The molecule has 1 heteroatoms. The Balaban J connectivity index is 1.56. The second kappa shape index (κ2) is 6.76. The van der Waals surface area contributed by atoms with Gasteiger partial charge < -0.3 is 5.32 Å². The number of benzene rings is 1. The Hall–Kier alpha value is -0.820. The lowest BCUT2D eigenvalue weighted by Gasteiger charge is -2.32. The predicted octanol–water partition coefficient (Wildman–Crippen LogP) is 5.09. The molecule has 0 bridgehead atoms. The average molecular weight is 271 g/mol. The predicted molar refractivity (Wildman–Crippen MR) is 85.7 cm³/mol. The molecule has 0 aliphatic heterocycles. The first-order chi connectivity index (χ1) is 9.86. The first kappa shape index (κ1) is 14.1. The minimum atomic E-state index is 0.615. The maximum Gasteiger partial charge on any atom is 0.0351 e. The normalized spacial score (nSPS) is 28.2. The molecular formula is C19H29N. The minimum Gasteiger partial charge on any atom is -0.307 e. The Morgan fingerprint density at radius 2 is 1.70 bits per heavy atom. The van der Waals surface area contributed by atoms with Gasteiger partial charge in [-0.25, -0.2) is 0 Å². The third kappa shape index (κ3) is 3.63. The van der Waals surface area contributed by atoms with Crippen LogP contribution in [-0.4, -0.2) is 6.04 Å². The van der Waals surface area contributed by atoms with Crippen LogP contribution in [0.3, 0.4) is 0 Å². The lowest BCUT2D eigenvalue weighted by Crippen LogP contribution is -2.36. The minimum absolute atomic E-state index is 0.615. The van der Waals surface area contributed by atoms with Gasteiger partial charge in [-0.05, 0) is 55.9 Å². The van der Waals surface area contributed by atoms with Gasteiger partial charge in [0.1, 0.15) is 0 Å². The molecule has 1 aromatic carbocycles. The van der Waals surface area contributed by atoms with Crippen molar-refractivity contribution in [3.8, 4) is 0 Å². The fraction of sp³-hybridized carbons (Fsp3) is 0.684. The zero-order chi connectivity index (χ0) is 13.8. The number of hydrogen-bond acceptors (Lipinski definition) is 1. The van der Waals surface area contributed by atoms with Crippen molar-refractivity contribution in [3.05, 3.63) is 35.9 Å². The van der Waals surface area contributed by atoms with Gasteiger partial charge in [-0.2, -0.15) is 0 Å². The molecule has 1 atom stereocenters. The molecule has 1 unspecified atom stereocenters. The second-order valence-corrected chi connectivity index (χ2v) is 6.90. The maximum absolute atomic E-state index is 4.00. The average Bonchev–Trinajstić information content (AvgIpc) is 3.32. The summed E-state index contributed by atoms with van der Waals surface area (Å²) in [6, 6.07) is 12.5. The summed E-state index contributed by atoms with van der Waals surface area (Å²) in [5, 5.41) is 4.00. The second-order valence-electron chi connectivity index (χ2n) is 6.90. The van der Waals surface area contributed by atoms with E-state index in [1.807, 2.05) is 0 Å². The van der Waals surface area contributed by atoms with Crippen molar-refractivity contribution in [2.75, 3.05) is 0 Å². The van der Waals surface area contributed by atoms with Crippen LogP contribution in [0, 0.1) is 11.8 Å². The SMILES string of the molecule is CCCC1CCC(NC(c2ccccc2)C2CC2)CC1. The smallest absolute Gasteiger partial charge is 0.0351 e. The lowest BCUT2D eigenvalue weighted by atomic mass is 9.83. The largest absolute Gasteiger partial charge is 0.307 e. The van der Waals surface area contributed by atoms with E-state index in [4.69, 9.17) is 0 Å². The third-order valence-corrected chi connectivity index (χ3v) is 5.21.